The van der Waals surface area contributed by atoms with E-state index in [1.807, 2.05) is 0 Å². The van der Waals surface area contributed by atoms with Gasteiger partial charge in [0.1, 0.15) is 0 Å². The van der Waals surface area contributed by atoms with E-state index in [4.69, 9.17) is 0 Å². The second kappa shape index (κ2) is 13.8. The summed E-state index contributed by atoms with van der Waals surface area (Å²) >= 11 is 0. The average Bonchev–Trinajstić information content (AvgIpc) is 3.78. The third-order valence-corrected chi connectivity index (χ3v) is 11.9. The number of aromatic nitrogens is 2. The van der Waals surface area contributed by atoms with Crippen LogP contribution in [0.1, 0.15) is 65.7 Å². The molecule has 2 aliphatic carbocycles. The molecule has 3 aliphatic rings. The molecule has 1 saturated heterocycles. The van der Waals surface area contributed by atoms with Crippen LogP contribution in [0.3, 0.4) is 0 Å². The first kappa shape index (κ1) is 33.1. The van der Waals surface area contributed by atoms with E-state index in [0.717, 1.165) is 31.4 Å². The Morgan fingerprint density at radius 2 is 1.09 bits per heavy atom. The van der Waals surface area contributed by atoms with Crippen LogP contribution in [0.15, 0.2) is 170 Å². The second-order valence-electron chi connectivity index (χ2n) is 15.3. The zero-order chi connectivity index (χ0) is 37.0. The first-order valence-electron chi connectivity index (χ1n) is 20.0. The van der Waals surface area contributed by atoms with Crippen molar-refractivity contribution >= 4 is 44.5 Å². The maximum Gasteiger partial charge on any atom is 0.0865 e. The third kappa shape index (κ3) is 5.67. The monoisotopic (exact) mass is 725 g/mol. The molecule has 3 heterocycles. The van der Waals surface area contributed by atoms with Crippen LogP contribution < -0.4 is 16.0 Å². The van der Waals surface area contributed by atoms with Crippen LogP contribution >= 0.6 is 0 Å². The van der Waals surface area contributed by atoms with Gasteiger partial charge in [-0.25, -0.2) is 0 Å². The Morgan fingerprint density at radius 3 is 1.80 bits per heavy atom. The van der Waals surface area contributed by atoms with Crippen LogP contribution in [0.25, 0.3) is 61.3 Å². The molecule has 11 rings (SSSR count). The molecule has 5 heteroatoms. The Labute approximate surface area is 327 Å². The van der Waals surface area contributed by atoms with E-state index in [0.29, 0.717) is 0 Å². The number of para-hydroxylation sites is 1. The van der Waals surface area contributed by atoms with Crippen molar-refractivity contribution in [1.82, 2.24) is 25.1 Å². The van der Waals surface area contributed by atoms with Crippen LogP contribution in [0.5, 0.6) is 0 Å². The summed E-state index contributed by atoms with van der Waals surface area (Å²) in [5, 5.41) is 15.6. The van der Waals surface area contributed by atoms with E-state index in [1.54, 1.807) is 0 Å². The van der Waals surface area contributed by atoms with Crippen LogP contribution in [-0.2, 0) is 6.42 Å². The van der Waals surface area contributed by atoms with Crippen LogP contribution in [0.2, 0.25) is 0 Å². The van der Waals surface area contributed by atoms with Crippen molar-refractivity contribution in [2.45, 2.75) is 44.2 Å². The minimum Gasteiger partial charge on any atom is -0.313 e. The van der Waals surface area contributed by atoms with Crippen LogP contribution in [-0.4, -0.2) is 9.13 Å². The van der Waals surface area contributed by atoms with Gasteiger partial charge in [0, 0.05) is 38.8 Å². The summed E-state index contributed by atoms with van der Waals surface area (Å²) in [4.78, 5) is 0. The first-order chi connectivity index (χ1) is 27.8. The number of benzene rings is 6. The average molecular weight is 726 g/mol. The topological polar surface area (TPSA) is 46.0 Å². The highest BCUT2D eigenvalue weighted by atomic mass is 15.4. The number of allylic oxidation sites excluding steroid dienone is 5. The highest BCUT2D eigenvalue weighted by molar-refractivity contribution is 6.15. The van der Waals surface area contributed by atoms with Gasteiger partial charge in [0.05, 0.1) is 35.0 Å². The summed E-state index contributed by atoms with van der Waals surface area (Å²) in [5.41, 5.74) is 14.9. The van der Waals surface area contributed by atoms with Gasteiger partial charge in [0.15, 0.2) is 0 Å². The predicted octanol–water partition coefficient (Wildman–Crippen LogP) is 11.7. The van der Waals surface area contributed by atoms with Crippen LogP contribution in [0, 0.1) is 0 Å². The molecule has 0 saturated carbocycles. The van der Waals surface area contributed by atoms with Crippen molar-refractivity contribution in [1.29, 1.82) is 0 Å². The van der Waals surface area contributed by atoms with Crippen molar-refractivity contribution < 1.29 is 0 Å². The predicted molar refractivity (Wildman–Crippen MR) is 232 cm³/mol. The standard InChI is InChI=1S/C51H43N5/c1-5-17-34(18-6-1)37-29-38(51-53-49(35-19-7-2-8-20-35)52-50(54-51)36-21-9-3-10-22-36)31-40(30-37)56-46-28-16-14-26-42(46)44-32-43-41-25-13-15-27-45(41)55(47(43)33-48(44)56)39-23-11-4-12-24-39/h1-3,5-11,13-14,16-26,28-33,49-54H,4,12,15,27H2. The lowest BCUT2D eigenvalue weighted by atomic mass is 9.98. The largest absolute Gasteiger partial charge is 0.313 e. The molecule has 8 aromatic rings. The minimum atomic E-state index is -0.144. The maximum absolute atomic E-state index is 3.95. The Bertz CT molecular complexity index is 2790. The molecule has 272 valence electrons. The molecule has 5 nitrogen and oxygen atoms in total. The molecular weight excluding hydrogens is 683 g/mol. The fraction of sp³-hybridized carbons (Fsp3) is 0.137. The molecule has 2 atom stereocenters. The Balaban J connectivity index is 1.14. The summed E-state index contributed by atoms with van der Waals surface area (Å²) < 4.78 is 5.05. The SMILES string of the molecule is C1=CC(n2c3c(c4cc5c6ccccc6n(-c6cc(-c7ccccc7)cc(C7NC(c8ccccc8)NC(c8ccccc8)N7)c6)c5cc42)C=CCC3)=CCC1. The summed E-state index contributed by atoms with van der Waals surface area (Å²) in [6.45, 7) is 0. The van der Waals surface area contributed by atoms with E-state index in [9.17, 15) is 0 Å². The zero-order valence-corrected chi connectivity index (χ0v) is 31.2. The molecule has 2 unspecified atom stereocenters. The number of hydrogen-bond donors (Lipinski definition) is 3. The highest BCUT2D eigenvalue weighted by Gasteiger charge is 2.30. The molecule has 1 aliphatic heterocycles. The first-order valence-corrected chi connectivity index (χ1v) is 20.0. The van der Waals surface area contributed by atoms with Crippen molar-refractivity contribution in [3.63, 3.8) is 0 Å². The summed E-state index contributed by atoms with van der Waals surface area (Å²) in [6.07, 6.45) is 15.8. The van der Waals surface area contributed by atoms with Crippen molar-refractivity contribution in [2.24, 2.45) is 0 Å². The Morgan fingerprint density at radius 1 is 0.446 bits per heavy atom. The van der Waals surface area contributed by atoms with E-state index >= 15 is 0 Å². The van der Waals surface area contributed by atoms with Crippen molar-refractivity contribution in [2.75, 3.05) is 0 Å². The lowest BCUT2D eigenvalue weighted by Gasteiger charge is -2.40. The molecule has 0 bridgehead atoms. The smallest absolute Gasteiger partial charge is 0.0865 e. The van der Waals surface area contributed by atoms with Gasteiger partial charge in [0.25, 0.3) is 0 Å². The third-order valence-electron chi connectivity index (χ3n) is 11.9. The minimum absolute atomic E-state index is 0.0611. The molecule has 6 aromatic carbocycles. The highest BCUT2D eigenvalue weighted by Crippen LogP contribution is 2.42. The fourth-order valence-electron chi connectivity index (χ4n) is 9.26. The molecule has 56 heavy (non-hydrogen) atoms. The Hall–Kier alpha value is -6.24. The number of rotatable bonds is 6. The lowest BCUT2D eigenvalue weighted by molar-refractivity contribution is 0.203. The second-order valence-corrected chi connectivity index (χ2v) is 15.3. The summed E-state index contributed by atoms with van der Waals surface area (Å²) in [7, 11) is 0. The van der Waals surface area contributed by atoms with E-state index < -0.39 is 0 Å². The van der Waals surface area contributed by atoms with Gasteiger partial charge < -0.3 is 9.13 Å². The van der Waals surface area contributed by atoms with Crippen molar-refractivity contribution in [3.8, 4) is 16.8 Å². The molecular formula is C51H43N5. The van der Waals surface area contributed by atoms with Crippen molar-refractivity contribution in [3.05, 3.63) is 198 Å². The van der Waals surface area contributed by atoms with Gasteiger partial charge in [-0.3, -0.25) is 16.0 Å². The van der Waals surface area contributed by atoms with Crippen LogP contribution in [0.4, 0.5) is 0 Å². The van der Waals surface area contributed by atoms with Gasteiger partial charge in [0.2, 0.25) is 0 Å². The van der Waals surface area contributed by atoms with E-state index in [-0.39, 0.29) is 18.5 Å². The summed E-state index contributed by atoms with van der Waals surface area (Å²) in [5.74, 6) is 0. The maximum atomic E-state index is 3.95. The summed E-state index contributed by atoms with van der Waals surface area (Å²) in [6, 6.07) is 53.2. The van der Waals surface area contributed by atoms with Gasteiger partial charge >= 0.3 is 0 Å². The molecule has 0 radical (unpaired) electrons. The number of hydrogen-bond acceptors (Lipinski definition) is 3. The fourth-order valence-corrected chi connectivity index (χ4v) is 9.26. The van der Waals surface area contributed by atoms with E-state index in [1.165, 1.54) is 77.5 Å². The quantitative estimate of drug-likeness (QED) is 0.160. The molecule has 0 amide bonds. The van der Waals surface area contributed by atoms with E-state index in [2.05, 4.69) is 201 Å². The molecule has 0 spiro atoms. The lowest BCUT2D eigenvalue weighted by Crippen LogP contribution is -2.54. The normalized spacial score (nSPS) is 19.4. The van der Waals surface area contributed by atoms with Gasteiger partial charge in [-0.1, -0.05) is 133 Å². The Kier molecular flexibility index (Phi) is 8.17. The number of nitrogens with zero attached hydrogens (tertiary/aromatic N) is 2. The molecule has 1 fully saturated rings. The number of fused-ring (bicyclic) bond motifs is 6. The molecule has 3 N–H and O–H groups in total. The van der Waals surface area contributed by atoms with Gasteiger partial charge in [-0.05, 0) is 96.0 Å². The zero-order valence-electron chi connectivity index (χ0n) is 31.2. The number of nitrogens with one attached hydrogen (secondary N) is 3. The van der Waals surface area contributed by atoms with Gasteiger partial charge in [-0.15, -0.1) is 0 Å². The molecule has 2 aromatic heterocycles. The van der Waals surface area contributed by atoms with Gasteiger partial charge in [-0.2, -0.15) is 0 Å².